The molecule has 1 heterocycles. The van der Waals surface area contributed by atoms with Crippen LogP contribution in [0.3, 0.4) is 0 Å². The summed E-state index contributed by atoms with van der Waals surface area (Å²) in [7, 11) is 0. The van der Waals surface area contributed by atoms with Gasteiger partial charge in [0.2, 0.25) is 0 Å². The maximum atomic E-state index is 12.4. The van der Waals surface area contributed by atoms with Crippen LogP contribution < -0.4 is 5.32 Å². The Balaban J connectivity index is 1.79. The lowest BCUT2D eigenvalue weighted by molar-refractivity contribution is -0.137. The van der Waals surface area contributed by atoms with Crippen molar-refractivity contribution in [3.8, 4) is 11.3 Å². The first-order valence-corrected chi connectivity index (χ1v) is 9.16. The smallest absolute Gasteiger partial charge is 0.303 e. The van der Waals surface area contributed by atoms with Gasteiger partial charge in [-0.15, -0.1) is 0 Å². The Kier molecular flexibility index (Phi) is 8.09. The van der Waals surface area contributed by atoms with Gasteiger partial charge in [0.05, 0.1) is 16.3 Å². The van der Waals surface area contributed by atoms with Gasteiger partial charge in [0.1, 0.15) is 0 Å². The molecule has 0 spiro atoms. The second kappa shape index (κ2) is 10.6. The van der Waals surface area contributed by atoms with Crippen molar-refractivity contribution in [1.82, 2.24) is 10.3 Å². The number of carbonyl (C=O) groups is 2. The van der Waals surface area contributed by atoms with Crippen LogP contribution in [0.25, 0.3) is 11.3 Å². The first kappa shape index (κ1) is 19.9. The number of aliphatic carboxylic acids is 1. The number of hydrogen-bond acceptors (Lipinski definition) is 3. The second-order valence-electron chi connectivity index (χ2n) is 6.08. The lowest BCUT2D eigenvalue weighted by Crippen LogP contribution is -2.24. The molecule has 0 atom stereocenters. The molecule has 138 valence electrons. The van der Waals surface area contributed by atoms with Crippen molar-refractivity contribution in [2.45, 2.75) is 38.5 Å². The predicted molar refractivity (Wildman–Crippen MR) is 102 cm³/mol. The number of carbonyl (C=O) groups excluding carboxylic acids is 1. The second-order valence-corrected chi connectivity index (χ2v) is 6.48. The van der Waals surface area contributed by atoms with E-state index in [2.05, 4.69) is 10.3 Å². The number of unbranched alkanes of at least 4 members (excludes halogenated alkanes) is 4. The van der Waals surface area contributed by atoms with Gasteiger partial charge >= 0.3 is 5.97 Å². The summed E-state index contributed by atoms with van der Waals surface area (Å²) in [4.78, 5) is 27.1. The Labute approximate surface area is 158 Å². The molecule has 0 saturated carbocycles. The summed E-state index contributed by atoms with van der Waals surface area (Å²) in [5, 5.41) is 11.9. The molecule has 0 aliphatic heterocycles. The predicted octanol–water partition coefficient (Wildman–Crippen LogP) is 4.56. The normalized spacial score (nSPS) is 10.5. The van der Waals surface area contributed by atoms with Crippen LogP contribution in [0.1, 0.15) is 48.9 Å². The maximum absolute atomic E-state index is 12.4. The Morgan fingerprint density at radius 2 is 1.81 bits per heavy atom. The Bertz CT molecular complexity index is 735. The zero-order chi connectivity index (χ0) is 18.8. The number of rotatable bonds is 10. The van der Waals surface area contributed by atoms with Crippen LogP contribution in [0.4, 0.5) is 0 Å². The van der Waals surface area contributed by atoms with Crippen LogP contribution in [0.15, 0.2) is 42.6 Å². The van der Waals surface area contributed by atoms with Crippen LogP contribution in [-0.2, 0) is 4.79 Å². The highest BCUT2D eigenvalue weighted by Crippen LogP contribution is 2.23. The van der Waals surface area contributed by atoms with E-state index in [0.717, 1.165) is 36.9 Å². The van der Waals surface area contributed by atoms with E-state index >= 15 is 0 Å². The number of pyridine rings is 1. The molecule has 2 N–H and O–H groups in total. The minimum Gasteiger partial charge on any atom is -0.481 e. The molecule has 0 radical (unpaired) electrons. The van der Waals surface area contributed by atoms with Crippen molar-refractivity contribution >= 4 is 23.5 Å². The Morgan fingerprint density at radius 3 is 2.54 bits per heavy atom. The SMILES string of the molecule is O=C(O)CCCCCCCNC(=O)c1cc(-c2ccccn2)ccc1Cl. The summed E-state index contributed by atoms with van der Waals surface area (Å²) in [6.45, 7) is 0.571. The molecule has 2 aromatic rings. The molecule has 5 nitrogen and oxygen atoms in total. The van der Waals surface area contributed by atoms with E-state index in [9.17, 15) is 9.59 Å². The van der Waals surface area contributed by atoms with Gasteiger partial charge in [-0.1, -0.05) is 43.0 Å². The first-order valence-electron chi connectivity index (χ1n) is 8.79. The number of nitrogens with one attached hydrogen (secondary N) is 1. The van der Waals surface area contributed by atoms with Crippen molar-refractivity contribution in [2.24, 2.45) is 0 Å². The minimum atomic E-state index is -0.748. The van der Waals surface area contributed by atoms with Gasteiger partial charge < -0.3 is 10.4 Å². The first-order chi connectivity index (χ1) is 12.6. The molecule has 2 rings (SSSR count). The zero-order valence-corrected chi connectivity index (χ0v) is 15.3. The summed E-state index contributed by atoms with van der Waals surface area (Å²) in [5.41, 5.74) is 2.08. The average Bonchev–Trinajstić information content (AvgIpc) is 2.64. The van der Waals surface area contributed by atoms with Crippen molar-refractivity contribution in [1.29, 1.82) is 0 Å². The van der Waals surface area contributed by atoms with E-state index in [1.165, 1.54) is 0 Å². The molecule has 0 aliphatic rings. The summed E-state index contributed by atoms with van der Waals surface area (Å²) in [6, 6.07) is 10.9. The molecule has 0 unspecified atom stereocenters. The van der Waals surface area contributed by atoms with Gasteiger partial charge in [-0.3, -0.25) is 14.6 Å². The van der Waals surface area contributed by atoms with Crippen LogP contribution in [0, 0.1) is 0 Å². The molecular weight excluding hydrogens is 352 g/mol. The minimum absolute atomic E-state index is 0.196. The molecule has 0 aliphatic carbocycles. The standard InChI is InChI=1S/C20H23ClN2O3/c21-17-11-10-15(18-8-5-7-12-22-18)14-16(17)20(26)23-13-6-3-1-2-4-9-19(24)25/h5,7-8,10-12,14H,1-4,6,9,13H2,(H,23,26)(H,24,25). The lowest BCUT2D eigenvalue weighted by atomic mass is 10.1. The van der Waals surface area contributed by atoms with Gasteiger partial charge in [0.15, 0.2) is 0 Å². The molecule has 6 heteroatoms. The van der Waals surface area contributed by atoms with E-state index < -0.39 is 5.97 Å². The molecular formula is C20H23ClN2O3. The monoisotopic (exact) mass is 374 g/mol. The fraction of sp³-hybridized carbons (Fsp3) is 0.350. The van der Waals surface area contributed by atoms with Gasteiger partial charge in [0, 0.05) is 24.7 Å². The molecule has 26 heavy (non-hydrogen) atoms. The molecule has 0 fully saturated rings. The summed E-state index contributed by atoms with van der Waals surface area (Å²) in [5.74, 6) is -0.944. The van der Waals surface area contributed by atoms with E-state index in [-0.39, 0.29) is 12.3 Å². The van der Waals surface area contributed by atoms with Crippen LogP contribution in [0.2, 0.25) is 5.02 Å². The number of halogens is 1. The molecule has 1 aromatic heterocycles. The van der Waals surface area contributed by atoms with Crippen molar-refractivity contribution in [3.63, 3.8) is 0 Å². The molecule has 0 bridgehead atoms. The highest BCUT2D eigenvalue weighted by atomic mass is 35.5. The number of aromatic nitrogens is 1. The van der Waals surface area contributed by atoms with Crippen LogP contribution in [-0.4, -0.2) is 28.5 Å². The van der Waals surface area contributed by atoms with Crippen molar-refractivity contribution in [2.75, 3.05) is 6.54 Å². The largest absolute Gasteiger partial charge is 0.481 e. The summed E-state index contributed by atoms with van der Waals surface area (Å²) < 4.78 is 0. The number of carboxylic acid groups (broad SMARTS) is 1. The Morgan fingerprint density at radius 1 is 1.04 bits per heavy atom. The summed E-state index contributed by atoms with van der Waals surface area (Å²) in [6.07, 6.45) is 6.33. The van der Waals surface area contributed by atoms with E-state index in [4.69, 9.17) is 16.7 Å². The van der Waals surface area contributed by atoms with E-state index in [1.807, 2.05) is 24.3 Å². The third-order valence-electron chi connectivity index (χ3n) is 4.02. The highest BCUT2D eigenvalue weighted by Gasteiger charge is 2.12. The average molecular weight is 375 g/mol. The maximum Gasteiger partial charge on any atom is 0.303 e. The number of hydrogen-bond donors (Lipinski definition) is 2. The molecule has 1 amide bonds. The number of nitrogens with zero attached hydrogens (tertiary/aromatic N) is 1. The molecule has 1 aromatic carbocycles. The van der Waals surface area contributed by atoms with Crippen molar-refractivity contribution < 1.29 is 14.7 Å². The number of benzene rings is 1. The number of amides is 1. The van der Waals surface area contributed by atoms with E-state index in [1.54, 1.807) is 18.3 Å². The third-order valence-corrected chi connectivity index (χ3v) is 4.35. The quantitative estimate of drug-likeness (QED) is 0.597. The fourth-order valence-electron chi connectivity index (χ4n) is 2.62. The lowest BCUT2D eigenvalue weighted by Gasteiger charge is -2.09. The van der Waals surface area contributed by atoms with Gasteiger partial charge in [-0.2, -0.15) is 0 Å². The third kappa shape index (κ3) is 6.48. The van der Waals surface area contributed by atoms with Gasteiger partial charge in [-0.25, -0.2) is 0 Å². The van der Waals surface area contributed by atoms with Gasteiger partial charge in [-0.05, 0) is 37.1 Å². The summed E-state index contributed by atoms with van der Waals surface area (Å²) >= 11 is 6.17. The van der Waals surface area contributed by atoms with Gasteiger partial charge in [0.25, 0.3) is 5.91 Å². The topological polar surface area (TPSA) is 79.3 Å². The van der Waals surface area contributed by atoms with Crippen LogP contribution in [0.5, 0.6) is 0 Å². The number of carboxylic acids is 1. The van der Waals surface area contributed by atoms with E-state index in [0.29, 0.717) is 23.6 Å². The molecule has 0 saturated heterocycles. The van der Waals surface area contributed by atoms with Crippen LogP contribution >= 0.6 is 11.6 Å². The zero-order valence-electron chi connectivity index (χ0n) is 14.6. The van der Waals surface area contributed by atoms with Crippen molar-refractivity contribution in [3.05, 3.63) is 53.2 Å². The fourth-order valence-corrected chi connectivity index (χ4v) is 2.82. The highest BCUT2D eigenvalue weighted by molar-refractivity contribution is 6.34. The Hall–Kier alpha value is -2.40.